The normalized spacial score (nSPS) is 20.6. The third-order valence-corrected chi connectivity index (χ3v) is 8.26. The quantitative estimate of drug-likeness (QED) is 0.248. The van der Waals surface area contributed by atoms with Crippen LogP contribution >= 0.6 is 0 Å². The molecule has 3 N–H and O–H groups in total. The van der Waals surface area contributed by atoms with Crippen LogP contribution in [0.25, 0.3) is 5.70 Å². The number of hydrogen-bond acceptors (Lipinski definition) is 6. The number of aromatic nitrogens is 1. The summed E-state index contributed by atoms with van der Waals surface area (Å²) in [6.45, 7) is 10.7. The van der Waals surface area contributed by atoms with Crippen molar-refractivity contribution in [2.75, 3.05) is 5.32 Å². The number of amides is 1. The summed E-state index contributed by atoms with van der Waals surface area (Å²) in [5, 5.41) is 2.68. The molecule has 2 aliphatic rings. The van der Waals surface area contributed by atoms with Crippen molar-refractivity contribution in [1.82, 2.24) is 4.98 Å². The van der Waals surface area contributed by atoms with Gasteiger partial charge in [-0.1, -0.05) is 26.7 Å². The molecule has 0 spiro atoms. The van der Waals surface area contributed by atoms with Crippen molar-refractivity contribution in [3.8, 4) is 0 Å². The minimum absolute atomic E-state index is 0.0467. The number of carbonyl (C=O) groups is 2. The smallest absolute Gasteiger partial charge is 0.395 e. The van der Waals surface area contributed by atoms with Gasteiger partial charge in [-0.15, -0.1) is 0 Å². The van der Waals surface area contributed by atoms with Gasteiger partial charge < -0.3 is 15.8 Å². The number of carbonyl (C=O) groups excluding carboxylic acids is 2. The van der Waals surface area contributed by atoms with Gasteiger partial charge >= 0.3 is 12.1 Å². The van der Waals surface area contributed by atoms with E-state index < -0.39 is 17.7 Å². The van der Waals surface area contributed by atoms with Crippen LogP contribution in [0, 0.1) is 11.8 Å². The summed E-state index contributed by atoms with van der Waals surface area (Å²) in [5.74, 6) is -2.68. The largest absolute Gasteiger partial charge is 0.460 e. The first-order chi connectivity index (χ1) is 20.1. The zero-order valence-corrected chi connectivity index (χ0v) is 26.6. The fourth-order valence-electron chi connectivity index (χ4n) is 5.79. The monoisotopic (exact) mass is 606 g/mol. The number of esters is 1. The number of anilines is 1. The highest BCUT2D eigenvalue weighted by atomic mass is 19.4. The minimum Gasteiger partial charge on any atom is -0.460 e. The molecule has 0 saturated heterocycles. The summed E-state index contributed by atoms with van der Waals surface area (Å²) >= 11 is 0. The van der Waals surface area contributed by atoms with Crippen LogP contribution in [0.2, 0.25) is 0 Å². The maximum Gasteiger partial charge on any atom is 0.395 e. The highest BCUT2D eigenvalue weighted by Gasteiger charge is 2.41. The number of allylic oxidation sites excluding steroid dienone is 1. The number of nitrogens with zero attached hydrogens (tertiary/aromatic N) is 2. The van der Waals surface area contributed by atoms with E-state index in [0.717, 1.165) is 63.2 Å². The predicted molar refractivity (Wildman–Crippen MR) is 165 cm³/mol. The van der Waals surface area contributed by atoms with Crippen molar-refractivity contribution in [1.29, 1.82) is 0 Å². The van der Waals surface area contributed by atoms with Crippen LogP contribution < -0.4 is 11.1 Å². The molecular weight excluding hydrogens is 557 g/mol. The van der Waals surface area contributed by atoms with Crippen LogP contribution in [0.4, 0.5) is 19.0 Å². The average Bonchev–Trinajstić information content (AvgIpc) is 2.85. The summed E-state index contributed by atoms with van der Waals surface area (Å²) < 4.78 is 48.0. The molecule has 10 heteroatoms. The maximum atomic E-state index is 14.2. The molecule has 0 radical (unpaired) electrons. The average molecular weight is 607 g/mol. The van der Waals surface area contributed by atoms with Gasteiger partial charge in [0.2, 0.25) is 5.91 Å². The van der Waals surface area contributed by atoms with E-state index in [2.05, 4.69) is 17.2 Å². The van der Waals surface area contributed by atoms with Crippen LogP contribution in [0.5, 0.6) is 0 Å². The van der Waals surface area contributed by atoms with Gasteiger partial charge in [-0.2, -0.15) is 13.2 Å². The van der Waals surface area contributed by atoms with Crippen molar-refractivity contribution in [3.63, 3.8) is 0 Å². The summed E-state index contributed by atoms with van der Waals surface area (Å²) in [4.78, 5) is 34.5. The van der Waals surface area contributed by atoms with Gasteiger partial charge in [-0.25, -0.2) is 4.98 Å². The second-order valence-corrected chi connectivity index (χ2v) is 13.3. The highest BCUT2D eigenvalue weighted by Crippen LogP contribution is 2.42. The van der Waals surface area contributed by atoms with E-state index in [9.17, 15) is 22.8 Å². The summed E-state index contributed by atoms with van der Waals surface area (Å²) in [6, 6.07) is 1.46. The van der Waals surface area contributed by atoms with Crippen molar-refractivity contribution >= 4 is 29.1 Å². The molecule has 1 aromatic heterocycles. The number of pyridine rings is 1. The van der Waals surface area contributed by atoms with Gasteiger partial charge in [-0.05, 0) is 96.6 Å². The lowest BCUT2D eigenvalue weighted by Crippen LogP contribution is -2.30. The number of hydrogen-bond donors (Lipinski definition) is 2. The van der Waals surface area contributed by atoms with Crippen molar-refractivity contribution < 1.29 is 27.5 Å². The number of nitrogens with two attached hydrogens (primary N) is 1. The Morgan fingerprint density at radius 2 is 1.81 bits per heavy atom. The molecule has 240 valence electrons. The van der Waals surface area contributed by atoms with Gasteiger partial charge in [0.25, 0.3) is 0 Å². The maximum absolute atomic E-state index is 14.2. The molecule has 1 heterocycles. The predicted octanol–water partition coefficient (Wildman–Crippen LogP) is 8.10. The standard InChI is InChI=1S/C33H49F3N4O3/c1-7-11-23(18-20(2)19-27(41)43-32(4,5)6)39-26-15-9-8-14-24(26)29(37)25-16-17-38-30(28(25)21(3)33(34,35)36)40-31(42)22-12-10-13-22/h16-17,20-23H,7-15,18-19,37H2,1-6H3,(H,38,40,42)/b29-24-,39-26?/t20?,21-,23?/m1/s1. The Labute approximate surface area is 254 Å². The Morgan fingerprint density at radius 3 is 2.40 bits per heavy atom. The van der Waals surface area contributed by atoms with E-state index in [1.807, 2.05) is 27.7 Å². The number of alkyl halides is 3. The topological polar surface area (TPSA) is 107 Å². The van der Waals surface area contributed by atoms with Crippen LogP contribution in [-0.4, -0.2) is 40.4 Å². The lowest BCUT2D eigenvalue weighted by Gasteiger charge is -2.28. The molecule has 2 unspecified atom stereocenters. The second-order valence-electron chi connectivity index (χ2n) is 13.3. The van der Waals surface area contributed by atoms with Crippen molar-refractivity contribution in [2.24, 2.45) is 22.6 Å². The lowest BCUT2D eigenvalue weighted by atomic mass is 9.84. The molecule has 7 nitrogen and oxygen atoms in total. The first-order valence-electron chi connectivity index (χ1n) is 15.7. The first kappa shape index (κ1) is 34.6. The van der Waals surface area contributed by atoms with E-state index in [4.69, 9.17) is 15.5 Å². The van der Waals surface area contributed by atoms with E-state index >= 15 is 0 Å². The summed E-state index contributed by atoms with van der Waals surface area (Å²) in [6.07, 6.45) is 4.95. The second kappa shape index (κ2) is 14.7. The molecule has 1 amide bonds. The Kier molecular flexibility index (Phi) is 11.8. The summed E-state index contributed by atoms with van der Waals surface area (Å²) in [7, 11) is 0. The number of nitrogens with one attached hydrogen (secondary N) is 1. The first-order valence-corrected chi connectivity index (χ1v) is 15.7. The van der Waals surface area contributed by atoms with Crippen molar-refractivity contribution in [3.05, 3.63) is 29.0 Å². The third kappa shape index (κ3) is 9.80. The van der Waals surface area contributed by atoms with Gasteiger partial charge in [-0.3, -0.25) is 14.6 Å². The van der Waals surface area contributed by atoms with Crippen LogP contribution in [0.1, 0.15) is 129 Å². The van der Waals surface area contributed by atoms with E-state index in [0.29, 0.717) is 19.3 Å². The molecule has 2 saturated carbocycles. The summed E-state index contributed by atoms with van der Waals surface area (Å²) in [5.41, 5.74) is 8.14. The van der Waals surface area contributed by atoms with E-state index in [1.54, 1.807) is 0 Å². The van der Waals surface area contributed by atoms with Gasteiger partial charge in [0.05, 0.1) is 12.0 Å². The Hall–Kier alpha value is -2.91. The molecule has 43 heavy (non-hydrogen) atoms. The zero-order valence-electron chi connectivity index (χ0n) is 26.6. The number of halogens is 3. The molecule has 3 atom stereocenters. The molecule has 1 aromatic rings. The molecular formula is C33H49F3N4O3. The number of aliphatic imine (C=N–C) groups is 1. The molecule has 0 aromatic carbocycles. The third-order valence-electron chi connectivity index (χ3n) is 8.26. The van der Waals surface area contributed by atoms with E-state index in [-0.39, 0.29) is 58.8 Å². The Morgan fingerprint density at radius 1 is 1.14 bits per heavy atom. The van der Waals surface area contributed by atoms with Crippen LogP contribution in [-0.2, 0) is 14.3 Å². The van der Waals surface area contributed by atoms with Gasteiger partial charge in [0.15, 0.2) is 0 Å². The lowest BCUT2D eigenvalue weighted by molar-refractivity contribution is -0.156. The zero-order chi connectivity index (χ0) is 31.9. The van der Waals surface area contributed by atoms with Gasteiger partial charge in [0.1, 0.15) is 11.4 Å². The fraction of sp³-hybridized carbons (Fsp3) is 0.697. The molecule has 2 fully saturated rings. The van der Waals surface area contributed by atoms with E-state index in [1.165, 1.54) is 12.3 Å². The van der Waals surface area contributed by atoms with Crippen LogP contribution in [0.3, 0.4) is 0 Å². The van der Waals surface area contributed by atoms with Crippen LogP contribution in [0.15, 0.2) is 22.8 Å². The fourth-order valence-corrected chi connectivity index (χ4v) is 5.79. The molecule has 3 rings (SSSR count). The highest BCUT2D eigenvalue weighted by molar-refractivity contribution is 6.07. The molecule has 0 bridgehead atoms. The Balaban J connectivity index is 1.98. The Bertz CT molecular complexity index is 1200. The molecule has 2 aliphatic carbocycles. The minimum atomic E-state index is -4.56. The molecule has 0 aliphatic heterocycles. The number of rotatable bonds is 11. The van der Waals surface area contributed by atoms with Crippen molar-refractivity contribution in [2.45, 2.75) is 136 Å². The SMILES string of the molecule is CCCC(CC(C)CC(=O)OC(C)(C)C)N=C1CCCC/C1=C(/N)c1ccnc(NC(=O)C2CCC2)c1[C@@H](C)C(F)(F)F. The van der Waals surface area contributed by atoms with Gasteiger partial charge in [0, 0.05) is 41.1 Å². The number of ether oxygens (including phenoxy) is 1.